The number of hydrogen-bond acceptors (Lipinski definition) is 2. The van der Waals surface area contributed by atoms with Crippen LogP contribution in [0.3, 0.4) is 0 Å². The van der Waals surface area contributed by atoms with Crippen molar-refractivity contribution in [1.82, 2.24) is 0 Å². The number of hydrogen-bond donors (Lipinski definition) is 0. The summed E-state index contributed by atoms with van der Waals surface area (Å²) >= 11 is 0. The third-order valence-electron chi connectivity index (χ3n) is 3.28. The lowest BCUT2D eigenvalue weighted by Crippen LogP contribution is -2.17. The van der Waals surface area contributed by atoms with E-state index in [0.29, 0.717) is 12.3 Å². The molecule has 0 saturated heterocycles. The number of carbonyl (C=O) groups excluding carboxylic acids is 1. The highest BCUT2D eigenvalue weighted by molar-refractivity contribution is 5.84. The van der Waals surface area contributed by atoms with Gasteiger partial charge in [0.05, 0.1) is 0 Å². The van der Waals surface area contributed by atoms with E-state index >= 15 is 0 Å². The second-order valence-corrected chi connectivity index (χ2v) is 4.38. The van der Waals surface area contributed by atoms with Gasteiger partial charge in [0.2, 0.25) is 0 Å². The van der Waals surface area contributed by atoms with Crippen molar-refractivity contribution in [3.8, 4) is 0 Å². The summed E-state index contributed by atoms with van der Waals surface area (Å²) in [6, 6.07) is 9.71. The number of Topliss-reactive ketones (excluding diaryl/α,β-unsaturated/α-hetero) is 1. The average molecular weight is 234 g/mol. The summed E-state index contributed by atoms with van der Waals surface area (Å²) in [5, 5.41) is 0. The summed E-state index contributed by atoms with van der Waals surface area (Å²) in [6.07, 6.45) is 2.30. The van der Waals surface area contributed by atoms with E-state index in [2.05, 4.69) is 13.8 Å². The molecule has 0 amide bonds. The average Bonchev–Trinajstić information content (AvgIpc) is 2.38. The lowest BCUT2D eigenvalue weighted by atomic mass is 9.93. The van der Waals surface area contributed by atoms with Gasteiger partial charge < -0.3 is 4.74 Å². The van der Waals surface area contributed by atoms with Crippen LogP contribution in [0.2, 0.25) is 0 Å². The number of ether oxygens (including phenoxy) is 1. The second kappa shape index (κ2) is 7.23. The van der Waals surface area contributed by atoms with Crippen molar-refractivity contribution in [3.63, 3.8) is 0 Å². The van der Waals surface area contributed by atoms with E-state index in [1.807, 2.05) is 30.3 Å². The maximum atomic E-state index is 12.2. The summed E-state index contributed by atoms with van der Waals surface area (Å²) in [5.74, 6) is 0.663. The van der Waals surface area contributed by atoms with E-state index in [9.17, 15) is 4.79 Å². The highest BCUT2D eigenvalue weighted by Gasteiger charge is 2.21. The molecule has 94 valence electrons. The molecule has 0 aliphatic carbocycles. The normalized spacial score (nSPS) is 12.7. The smallest absolute Gasteiger partial charge is 0.166 e. The molecule has 0 aliphatic rings. The van der Waals surface area contributed by atoms with Gasteiger partial charge in [-0.2, -0.15) is 0 Å². The molecule has 17 heavy (non-hydrogen) atoms. The minimum atomic E-state index is -0.406. The Morgan fingerprint density at radius 3 is 2.24 bits per heavy atom. The Hall–Kier alpha value is -1.15. The van der Waals surface area contributed by atoms with Gasteiger partial charge in [-0.15, -0.1) is 0 Å². The van der Waals surface area contributed by atoms with Crippen LogP contribution in [0.1, 0.15) is 44.8 Å². The molecular formula is C15H22O2. The van der Waals surface area contributed by atoms with Crippen LogP contribution in [0.15, 0.2) is 30.3 Å². The van der Waals surface area contributed by atoms with Crippen molar-refractivity contribution in [1.29, 1.82) is 0 Å². The van der Waals surface area contributed by atoms with E-state index < -0.39 is 6.10 Å². The highest BCUT2D eigenvalue weighted by atomic mass is 16.5. The quantitative estimate of drug-likeness (QED) is 0.718. The van der Waals surface area contributed by atoms with Crippen LogP contribution >= 0.6 is 0 Å². The fourth-order valence-electron chi connectivity index (χ4n) is 2.05. The first-order valence-electron chi connectivity index (χ1n) is 6.33. The molecule has 0 spiro atoms. The van der Waals surface area contributed by atoms with Crippen molar-refractivity contribution in [2.24, 2.45) is 5.92 Å². The molecule has 1 atom stereocenters. The minimum absolute atomic E-state index is 0.187. The molecule has 0 aromatic heterocycles. The molecule has 0 radical (unpaired) electrons. The van der Waals surface area contributed by atoms with E-state index in [1.54, 1.807) is 7.11 Å². The molecular weight excluding hydrogens is 212 g/mol. The van der Waals surface area contributed by atoms with Crippen LogP contribution in [0.4, 0.5) is 0 Å². The highest BCUT2D eigenvalue weighted by Crippen LogP contribution is 2.23. The number of carbonyl (C=O) groups is 1. The first-order valence-corrected chi connectivity index (χ1v) is 6.33. The van der Waals surface area contributed by atoms with Crippen LogP contribution in [0, 0.1) is 5.92 Å². The van der Waals surface area contributed by atoms with Crippen molar-refractivity contribution in [2.45, 2.75) is 39.2 Å². The van der Waals surface area contributed by atoms with Gasteiger partial charge >= 0.3 is 0 Å². The number of benzene rings is 1. The summed E-state index contributed by atoms with van der Waals surface area (Å²) in [4.78, 5) is 12.2. The molecule has 1 aromatic carbocycles. The van der Waals surface area contributed by atoms with Gasteiger partial charge in [0, 0.05) is 13.5 Å². The van der Waals surface area contributed by atoms with Crippen molar-refractivity contribution in [2.75, 3.05) is 7.11 Å². The number of rotatable bonds is 7. The molecule has 0 aliphatic heterocycles. The molecule has 1 aromatic rings. The standard InChI is InChI=1S/C15H22O2/c1-4-12(5-2)11-14(16)15(17-3)13-9-7-6-8-10-13/h6-10,12,15H,4-5,11H2,1-3H3. The van der Waals surface area contributed by atoms with E-state index in [1.165, 1.54) is 0 Å². The SMILES string of the molecule is CCC(CC)CC(=O)C(OC)c1ccccc1. The van der Waals surface area contributed by atoms with E-state index in [4.69, 9.17) is 4.74 Å². The largest absolute Gasteiger partial charge is 0.369 e. The molecule has 1 unspecified atom stereocenters. The van der Waals surface area contributed by atoms with Crippen LogP contribution in [-0.4, -0.2) is 12.9 Å². The molecule has 0 heterocycles. The molecule has 0 saturated carbocycles. The summed E-state index contributed by atoms with van der Waals surface area (Å²) in [5.41, 5.74) is 0.950. The van der Waals surface area contributed by atoms with Gasteiger partial charge in [-0.3, -0.25) is 4.79 Å². The number of ketones is 1. The monoisotopic (exact) mass is 234 g/mol. The fourth-order valence-corrected chi connectivity index (χ4v) is 2.05. The molecule has 0 bridgehead atoms. The van der Waals surface area contributed by atoms with Crippen LogP contribution in [0.25, 0.3) is 0 Å². The topological polar surface area (TPSA) is 26.3 Å². The maximum absolute atomic E-state index is 12.2. The first-order chi connectivity index (χ1) is 8.22. The Bertz CT molecular complexity index is 328. The van der Waals surface area contributed by atoms with Crippen molar-refractivity contribution >= 4 is 5.78 Å². The molecule has 0 fully saturated rings. The van der Waals surface area contributed by atoms with Gasteiger partial charge in [0.1, 0.15) is 6.10 Å². The Labute approximate surface area is 104 Å². The van der Waals surface area contributed by atoms with Gasteiger partial charge in [-0.05, 0) is 11.5 Å². The molecule has 2 nitrogen and oxygen atoms in total. The Morgan fingerprint density at radius 2 is 1.76 bits per heavy atom. The Balaban J connectivity index is 2.71. The van der Waals surface area contributed by atoms with Crippen molar-refractivity contribution < 1.29 is 9.53 Å². The van der Waals surface area contributed by atoms with Crippen molar-refractivity contribution in [3.05, 3.63) is 35.9 Å². The van der Waals surface area contributed by atoms with Crippen LogP contribution < -0.4 is 0 Å². The lowest BCUT2D eigenvalue weighted by Gasteiger charge is -2.18. The van der Waals surface area contributed by atoms with Gasteiger partial charge in [0.25, 0.3) is 0 Å². The lowest BCUT2D eigenvalue weighted by molar-refractivity contribution is -0.130. The van der Waals surface area contributed by atoms with Gasteiger partial charge in [0.15, 0.2) is 5.78 Å². The summed E-state index contributed by atoms with van der Waals surface area (Å²) in [7, 11) is 1.60. The fraction of sp³-hybridized carbons (Fsp3) is 0.533. The Morgan fingerprint density at radius 1 is 1.18 bits per heavy atom. The first kappa shape index (κ1) is 13.9. The van der Waals surface area contributed by atoms with Gasteiger partial charge in [-0.25, -0.2) is 0 Å². The molecule has 0 N–H and O–H groups in total. The number of methoxy groups -OCH3 is 1. The predicted octanol–water partition coefficient (Wildman–Crippen LogP) is 3.77. The zero-order valence-corrected chi connectivity index (χ0v) is 11.0. The maximum Gasteiger partial charge on any atom is 0.166 e. The zero-order valence-electron chi connectivity index (χ0n) is 11.0. The van der Waals surface area contributed by atoms with E-state index in [0.717, 1.165) is 18.4 Å². The second-order valence-electron chi connectivity index (χ2n) is 4.38. The zero-order chi connectivity index (χ0) is 12.7. The Kier molecular flexibility index (Phi) is 5.92. The van der Waals surface area contributed by atoms with Gasteiger partial charge in [-0.1, -0.05) is 57.0 Å². The molecule has 2 heteroatoms. The van der Waals surface area contributed by atoms with Crippen LogP contribution in [-0.2, 0) is 9.53 Å². The summed E-state index contributed by atoms with van der Waals surface area (Å²) in [6.45, 7) is 4.26. The summed E-state index contributed by atoms with van der Waals surface area (Å²) < 4.78 is 5.34. The third kappa shape index (κ3) is 3.97. The van der Waals surface area contributed by atoms with E-state index in [-0.39, 0.29) is 5.78 Å². The van der Waals surface area contributed by atoms with Crippen LogP contribution in [0.5, 0.6) is 0 Å². The minimum Gasteiger partial charge on any atom is -0.369 e. The third-order valence-corrected chi connectivity index (χ3v) is 3.28. The molecule has 1 rings (SSSR count). The predicted molar refractivity (Wildman–Crippen MR) is 69.9 cm³/mol.